The average Bonchev–Trinajstić information content (AvgIpc) is 3.49. The second-order valence-corrected chi connectivity index (χ2v) is 12.1. The molecular weight excluding hydrogens is 499 g/mol. The third-order valence-electron chi connectivity index (χ3n) is 5.78. The van der Waals surface area contributed by atoms with E-state index in [2.05, 4.69) is 20.0 Å². The van der Waals surface area contributed by atoms with Gasteiger partial charge < -0.3 is 33.8 Å². The fraction of sp³-hybridized carbons (Fsp3) is 0.500. The third kappa shape index (κ3) is 6.76. The van der Waals surface area contributed by atoms with Crippen LogP contribution in [0.15, 0.2) is 30.9 Å². The number of hydrogen-bond donors (Lipinski definition) is 2. The lowest BCUT2D eigenvalue weighted by Gasteiger charge is -2.25. The number of nitrogen functional groups attached to an aromatic ring is 1. The van der Waals surface area contributed by atoms with Crippen LogP contribution in [0.2, 0.25) is 0 Å². The Morgan fingerprint density at radius 2 is 1.97 bits per heavy atom. The van der Waals surface area contributed by atoms with Gasteiger partial charge in [0.25, 0.3) is 0 Å². The predicted molar refractivity (Wildman–Crippen MR) is 138 cm³/mol. The third-order valence-corrected chi connectivity index (χ3v) is 8.15. The van der Waals surface area contributed by atoms with Crippen LogP contribution in [0.1, 0.15) is 33.3 Å². The second-order valence-electron chi connectivity index (χ2n) is 9.32. The molecule has 200 valence electrons. The molecule has 1 aliphatic heterocycles. The molecular formula is C24H33N6O6P. The first-order valence-electron chi connectivity index (χ1n) is 12.1. The molecule has 0 amide bonds. The quantitative estimate of drug-likeness (QED) is 0.261. The van der Waals surface area contributed by atoms with Crippen LogP contribution < -0.4 is 20.3 Å². The fourth-order valence-corrected chi connectivity index (χ4v) is 6.18. The zero-order chi connectivity index (χ0) is 26.6. The number of imidazole rings is 1. The van der Waals surface area contributed by atoms with Crippen molar-refractivity contribution < 1.29 is 28.3 Å². The highest BCUT2D eigenvalue weighted by Crippen LogP contribution is 2.43. The summed E-state index contributed by atoms with van der Waals surface area (Å²) >= 11 is 0. The van der Waals surface area contributed by atoms with Crippen molar-refractivity contribution in [2.75, 3.05) is 25.0 Å². The van der Waals surface area contributed by atoms with Gasteiger partial charge in [-0.2, -0.15) is 0 Å². The minimum absolute atomic E-state index is 0.0677. The van der Waals surface area contributed by atoms with E-state index in [0.29, 0.717) is 41.4 Å². The number of aryl methyl sites for hydroxylation is 1. The average molecular weight is 533 g/mol. The SMILES string of the molecule is CC(C)OC(=O)[C@@H](C)N[P@](=O)(CCc1ccc2c(c1)OCO2)CO[C@H](C)Cn1cnc2c(N)ncnc21. The first-order valence-corrected chi connectivity index (χ1v) is 14.2. The summed E-state index contributed by atoms with van der Waals surface area (Å²) in [4.78, 5) is 24.9. The first-order chi connectivity index (χ1) is 17.6. The monoisotopic (exact) mass is 532 g/mol. The van der Waals surface area contributed by atoms with Gasteiger partial charge in [-0.3, -0.25) is 9.88 Å². The largest absolute Gasteiger partial charge is 0.462 e. The van der Waals surface area contributed by atoms with E-state index < -0.39 is 19.3 Å². The van der Waals surface area contributed by atoms with Crippen LogP contribution in [0.5, 0.6) is 11.5 Å². The lowest BCUT2D eigenvalue weighted by Crippen LogP contribution is -2.36. The Bertz CT molecular complexity index is 1300. The van der Waals surface area contributed by atoms with E-state index in [1.807, 2.05) is 29.7 Å². The smallest absolute Gasteiger partial charge is 0.323 e. The summed E-state index contributed by atoms with van der Waals surface area (Å²) in [5.74, 6) is 1.19. The molecule has 0 fully saturated rings. The maximum absolute atomic E-state index is 14.0. The van der Waals surface area contributed by atoms with Gasteiger partial charge >= 0.3 is 5.97 Å². The number of rotatable bonds is 12. The zero-order valence-electron chi connectivity index (χ0n) is 21.4. The van der Waals surface area contributed by atoms with Crippen molar-refractivity contribution in [3.63, 3.8) is 0 Å². The Balaban J connectivity index is 1.43. The number of aromatic nitrogens is 4. The van der Waals surface area contributed by atoms with Crippen LogP contribution in [0, 0.1) is 0 Å². The van der Waals surface area contributed by atoms with Gasteiger partial charge in [0.15, 0.2) is 30.3 Å². The molecule has 3 aromatic rings. The van der Waals surface area contributed by atoms with E-state index in [9.17, 15) is 9.36 Å². The summed E-state index contributed by atoms with van der Waals surface area (Å²) in [5.41, 5.74) is 7.93. The highest BCUT2D eigenvalue weighted by atomic mass is 31.2. The van der Waals surface area contributed by atoms with Gasteiger partial charge in [-0.05, 0) is 51.8 Å². The van der Waals surface area contributed by atoms with Crippen molar-refractivity contribution in [3.8, 4) is 11.5 Å². The topological polar surface area (TPSA) is 153 Å². The maximum atomic E-state index is 14.0. The molecule has 37 heavy (non-hydrogen) atoms. The molecule has 2 aromatic heterocycles. The number of anilines is 1. The molecule has 3 heterocycles. The van der Waals surface area contributed by atoms with Crippen molar-refractivity contribution >= 4 is 30.2 Å². The molecule has 0 unspecified atom stereocenters. The van der Waals surface area contributed by atoms with E-state index in [1.165, 1.54) is 6.33 Å². The molecule has 12 nitrogen and oxygen atoms in total. The van der Waals surface area contributed by atoms with Crippen molar-refractivity contribution in [1.29, 1.82) is 0 Å². The van der Waals surface area contributed by atoms with Crippen LogP contribution in [-0.4, -0.2) is 63.0 Å². The van der Waals surface area contributed by atoms with Gasteiger partial charge in [-0.15, -0.1) is 0 Å². The van der Waals surface area contributed by atoms with E-state index in [4.69, 9.17) is 24.7 Å². The number of carbonyl (C=O) groups excluding carboxylic acids is 1. The lowest BCUT2D eigenvalue weighted by atomic mass is 10.1. The molecule has 1 aliphatic rings. The number of benzene rings is 1. The Morgan fingerprint density at radius 1 is 1.19 bits per heavy atom. The molecule has 0 saturated carbocycles. The molecule has 4 rings (SSSR count). The van der Waals surface area contributed by atoms with Crippen LogP contribution in [0.3, 0.4) is 0 Å². The fourth-order valence-electron chi connectivity index (χ4n) is 3.92. The Kier molecular flexibility index (Phi) is 8.31. The Morgan fingerprint density at radius 3 is 2.76 bits per heavy atom. The number of esters is 1. The number of nitrogens with one attached hydrogen (secondary N) is 1. The summed E-state index contributed by atoms with van der Waals surface area (Å²) < 4.78 is 38.0. The highest BCUT2D eigenvalue weighted by Gasteiger charge is 2.29. The van der Waals surface area contributed by atoms with Gasteiger partial charge in [-0.25, -0.2) is 15.0 Å². The van der Waals surface area contributed by atoms with E-state index >= 15 is 0 Å². The molecule has 3 N–H and O–H groups in total. The van der Waals surface area contributed by atoms with Gasteiger partial charge in [0.1, 0.15) is 24.2 Å². The predicted octanol–water partition coefficient (Wildman–Crippen LogP) is 2.95. The van der Waals surface area contributed by atoms with E-state index in [1.54, 1.807) is 27.1 Å². The molecule has 0 bridgehead atoms. The van der Waals surface area contributed by atoms with Crippen LogP contribution >= 0.6 is 7.29 Å². The number of nitrogens with two attached hydrogens (primary N) is 1. The molecule has 13 heteroatoms. The first kappa shape index (κ1) is 26.8. The van der Waals surface area contributed by atoms with Gasteiger partial charge in [0, 0.05) is 6.16 Å². The summed E-state index contributed by atoms with van der Waals surface area (Å²) in [6, 6.07) is 4.86. The molecule has 0 saturated heterocycles. The van der Waals surface area contributed by atoms with Crippen molar-refractivity contribution in [2.24, 2.45) is 0 Å². The summed E-state index contributed by atoms with van der Waals surface area (Å²) in [5, 5.41) is 3.02. The normalized spacial score (nSPS) is 16.0. The summed E-state index contributed by atoms with van der Waals surface area (Å²) in [6.45, 7) is 7.66. The lowest BCUT2D eigenvalue weighted by molar-refractivity contribution is -0.148. The van der Waals surface area contributed by atoms with Gasteiger partial charge in [0.2, 0.25) is 6.79 Å². The maximum Gasteiger partial charge on any atom is 0.323 e. The minimum atomic E-state index is -3.17. The summed E-state index contributed by atoms with van der Waals surface area (Å²) in [7, 11) is -3.17. The molecule has 0 spiro atoms. The van der Waals surface area contributed by atoms with Crippen LogP contribution in [-0.2, 0) is 31.8 Å². The number of ether oxygens (including phenoxy) is 4. The Hall–Kier alpha value is -3.21. The minimum Gasteiger partial charge on any atom is -0.462 e. The number of fused-ring (bicyclic) bond motifs is 2. The molecule has 3 atom stereocenters. The van der Waals surface area contributed by atoms with Crippen LogP contribution in [0.4, 0.5) is 5.82 Å². The van der Waals surface area contributed by atoms with E-state index in [-0.39, 0.29) is 31.5 Å². The number of hydrogen-bond acceptors (Lipinski definition) is 10. The number of carbonyl (C=O) groups is 1. The Labute approximate surface area is 215 Å². The number of nitrogens with zero attached hydrogens (tertiary/aromatic N) is 4. The standard InChI is InChI=1S/C24H33N6O6P/c1-15(2)36-24(31)17(4)29-37(32,8-7-18-5-6-19-20(9-18)34-13-33-19)14-35-16(3)10-30-12-28-21-22(25)26-11-27-23(21)30/h5-6,9,11-12,15-17H,7-8,10,13-14H2,1-4H3,(H,29,32)(H2,25,26,27)/t16-,17-,37+/m1/s1. The molecule has 0 radical (unpaired) electrons. The van der Waals surface area contributed by atoms with Crippen LogP contribution in [0.25, 0.3) is 11.2 Å². The van der Waals surface area contributed by atoms with E-state index in [0.717, 1.165) is 5.56 Å². The molecule has 1 aromatic carbocycles. The zero-order valence-corrected chi connectivity index (χ0v) is 22.3. The van der Waals surface area contributed by atoms with Gasteiger partial charge in [-0.1, -0.05) is 6.07 Å². The van der Waals surface area contributed by atoms with Gasteiger partial charge in [0.05, 0.1) is 25.1 Å². The summed E-state index contributed by atoms with van der Waals surface area (Å²) in [6.07, 6.45) is 3.10. The highest BCUT2D eigenvalue weighted by molar-refractivity contribution is 7.61. The molecule has 0 aliphatic carbocycles. The van der Waals surface area contributed by atoms with Crippen molar-refractivity contribution in [3.05, 3.63) is 36.4 Å². The van der Waals surface area contributed by atoms with Crippen molar-refractivity contribution in [1.82, 2.24) is 24.6 Å². The van der Waals surface area contributed by atoms with Crippen molar-refractivity contribution in [2.45, 2.75) is 58.9 Å². The second kappa shape index (κ2) is 11.5.